The molecule has 1 aliphatic heterocycles. The van der Waals surface area contributed by atoms with Crippen LogP contribution in [0.3, 0.4) is 0 Å². The SMILES string of the molecule is CC(C)c1cncn1-c1cnn(C2CCNCC2)c1. The van der Waals surface area contributed by atoms with E-state index in [2.05, 4.69) is 44.7 Å². The van der Waals surface area contributed by atoms with Gasteiger partial charge in [0, 0.05) is 18.1 Å². The van der Waals surface area contributed by atoms with Gasteiger partial charge >= 0.3 is 0 Å². The molecule has 102 valence electrons. The molecule has 5 nitrogen and oxygen atoms in total. The molecule has 2 aromatic rings. The Morgan fingerprint density at radius 2 is 2.05 bits per heavy atom. The molecule has 19 heavy (non-hydrogen) atoms. The standard InChI is InChI=1S/C14H21N5/c1-11(2)14-8-16-10-18(14)13-7-17-19(9-13)12-3-5-15-6-4-12/h7-12,15H,3-6H2,1-2H3. The van der Waals surface area contributed by atoms with E-state index >= 15 is 0 Å². The molecule has 0 spiro atoms. The molecule has 0 amide bonds. The summed E-state index contributed by atoms with van der Waals surface area (Å²) in [6, 6.07) is 0.529. The number of hydrogen-bond acceptors (Lipinski definition) is 3. The molecule has 0 bridgehead atoms. The van der Waals surface area contributed by atoms with Gasteiger partial charge in [0.05, 0.1) is 24.3 Å². The van der Waals surface area contributed by atoms with Crippen molar-refractivity contribution in [3.63, 3.8) is 0 Å². The van der Waals surface area contributed by atoms with Crippen molar-refractivity contribution in [3.05, 3.63) is 30.6 Å². The Hall–Kier alpha value is -1.62. The zero-order valence-corrected chi connectivity index (χ0v) is 11.6. The van der Waals surface area contributed by atoms with Crippen molar-refractivity contribution in [1.29, 1.82) is 0 Å². The molecule has 0 aliphatic carbocycles. The monoisotopic (exact) mass is 259 g/mol. The average Bonchev–Trinajstić information content (AvgIpc) is 3.08. The van der Waals surface area contributed by atoms with Crippen LogP contribution in [0.4, 0.5) is 0 Å². The first-order chi connectivity index (χ1) is 9.25. The fraction of sp³-hybridized carbons (Fsp3) is 0.571. The largest absolute Gasteiger partial charge is 0.317 e. The van der Waals surface area contributed by atoms with Gasteiger partial charge in [0.1, 0.15) is 0 Å². The Morgan fingerprint density at radius 3 is 2.79 bits per heavy atom. The third-order valence-corrected chi connectivity index (χ3v) is 3.81. The van der Waals surface area contributed by atoms with E-state index in [4.69, 9.17) is 0 Å². The fourth-order valence-corrected chi connectivity index (χ4v) is 2.67. The second-order valence-corrected chi connectivity index (χ2v) is 5.50. The van der Waals surface area contributed by atoms with Gasteiger partial charge in [-0.25, -0.2) is 4.98 Å². The first kappa shape index (κ1) is 12.4. The highest BCUT2D eigenvalue weighted by Gasteiger charge is 2.17. The van der Waals surface area contributed by atoms with E-state index in [0.29, 0.717) is 12.0 Å². The number of piperidine rings is 1. The smallest absolute Gasteiger partial charge is 0.0995 e. The van der Waals surface area contributed by atoms with Crippen molar-refractivity contribution in [1.82, 2.24) is 24.6 Å². The quantitative estimate of drug-likeness (QED) is 0.918. The lowest BCUT2D eigenvalue weighted by Gasteiger charge is -2.22. The Balaban J connectivity index is 1.86. The van der Waals surface area contributed by atoms with Crippen LogP contribution in [-0.4, -0.2) is 32.4 Å². The van der Waals surface area contributed by atoms with E-state index in [-0.39, 0.29) is 0 Å². The Morgan fingerprint density at radius 1 is 1.26 bits per heavy atom. The van der Waals surface area contributed by atoms with Gasteiger partial charge in [-0.15, -0.1) is 0 Å². The summed E-state index contributed by atoms with van der Waals surface area (Å²) in [5, 5.41) is 7.92. The number of aromatic nitrogens is 4. The summed E-state index contributed by atoms with van der Waals surface area (Å²) in [5.41, 5.74) is 2.34. The van der Waals surface area contributed by atoms with Crippen LogP contribution in [0.15, 0.2) is 24.9 Å². The average molecular weight is 259 g/mol. The van der Waals surface area contributed by atoms with Crippen molar-refractivity contribution in [3.8, 4) is 5.69 Å². The molecule has 0 saturated carbocycles. The summed E-state index contributed by atoms with van der Waals surface area (Å²) in [6.07, 6.45) is 10.2. The summed E-state index contributed by atoms with van der Waals surface area (Å²) < 4.78 is 4.25. The summed E-state index contributed by atoms with van der Waals surface area (Å²) in [7, 11) is 0. The van der Waals surface area contributed by atoms with Gasteiger partial charge in [0.25, 0.3) is 0 Å². The first-order valence-electron chi connectivity index (χ1n) is 7.03. The van der Waals surface area contributed by atoms with Crippen molar-refractivity contribution < 1.29 is 0 Å². The summed E-state index contributed by atoms with van der Waals surface area (Å²) >= 11 is 0. The second kappa shape index (κ2) is 5.17. The number of hydrogen-bond donors (Lipinski definition) is 1. The molecule has 0 aromatic carbocycles. The molecule has 0 atom stereocenters. The van der Waals surface area contributed by atoms with E-state index in [0.717, 1.165) is 31.6 Å². The summed E-state index contributed by atoms with van der Waals surface area (Å²) in [6.45, 7) is 6.54. The number of nitrogens with zero attached hydrogens (tertiary/aromatic N) is 4. The molecule has 0 unspecified atom stereocenters. The van der Waals surface area contributed by atoms with Crippen molar-refractivity contribution in [2.75, 3.05) is 13.1 Å². The zero-order chi connectivity index (χ0) is 13.2. The molecule has 0 radical (unpaired) electrons. The predicted octanol–water partition coefficient (Wildman–Crippen LogP) is 2.12. The van der Waals surface area contributed by atoms with Gasteiger partial charge in [-0.2, -0.15) is 5.10 Å². The third-order valence-electron chi connectivity index (χ3n) is 3.81. The Bertz CT molecular complexity index is 534. The van der Waals surface area contributed by atoms with Crippen LogP contribution in [0.25, 0.3) is 5.69 Å². The van der Waals surface area contributed by atoms with E-state index < -0.39 is 0 Å². The highest BCUT2D eigenvalue weighted by molar-refractivity contribution is 5.29. The fourth-order valence-electron chi connectivity index (χ4n) is 2.67. The lowest BCUT2D eigenvalue weighted by Crippen LogP contribution is -2.29. The van der Waals surface area contributed by atoms with Gasteiger partial charge in [-0.3, -0.25) is 9.25 Å². The summed E-state index contributed by atoms with van der Waals surface area (Å²) in [4.78, 5) is 4.26. The maximum Gasteiger partial charge on any atom is 0.0995 e. The van der Waals surface area contributed by atoms with Crippen molar-refractivity contribution in [2.24, 2.45) is 0 Å². The molecular weight excluding hydrogens is 238 g/mol. The molecule has 3 rings (SSSR count). The van der Waals surface area contributed by atoms with Crippen molar-refractivity contribution in [2.45, 2.75) is 38.6 Å². The molecule has 5 heteroatoms. The topological polar surface area (TPSA) is 47.7 Å². The van der Waals surface area contributed by atoms with Crippen molar-refractivity contribution >= 4 is 0 Å². The van der Waals surface area contributed by atoms with Gasteiger partial charge in [0.15, 0.2) is 0 Å². The normalized spacial score (nSPS) is 17.2. The number of nitrogens with one attached hydrogen (secondary N) is 1. The molecule has 2 aromatic heterocycles. The molecule has 1 aliphatic rings. The molecular formula is C14H21N5. The lowest BCUT2D eigenvalue weighted by atomic mass is 10.1. The minimum absolute atomic E-state index is 0.463. The highest BCUT2D eigenvalue weighted by atomic mass is 15.3. The van der Waals surface area contributed by atoms with Gasteiger partial charge in [0.2, 0.25) is 0 Å². The van der Waals surface area contributed by atoms with E-state index in [9.17, 15) is 0 Å². The van der Waals surface area contributed by atoms with Crippen LogP contribution in [-0.2, 0) is 0 Å². The maximum absolute atomic E-state index is 4.54. The number of rotatable bonds is 3. The number of imidazole rings is 1. The van der Waals surface area contributed by atoms with E-state index in [1.165, 1.54) is 5.69 Å². The van der Waals surface area contributed by atoms with E-state index in [1.807, 2.05) is 18.7 Å². The predicted molar refractivity (Wildman–Crippen MR) is 74.6 cm³/mol. The third kappa shape index (κ3) is 2.42. The first-order valence-corrected chi connectivity index (χ1v) is 7.03. The van der Waals surface area contributed by atoms with Crippen LogP contribution >= 0.6 is 0 Å². The van der Waals surface area contributed by atoms with E-state index in [1.54, 1.807) is 0 Å². The zero-order valence-electron chi connectivity index (χ0n) is 11.6. The van der Waals surface area contributed by atoms with Crippen LogP contribution in [0.1, 0.15) is 44.3 Å². The second-order valence-electron chi connectivity index (χ2n) is 5.50. The molecule has 1 fully saturated rings. The molecule has 1 N–H and O–H groups in total. The highest BCUT2D eigenvalue weighted by Crippen LogP contribution is 2.22. The van der Waals surface area contributed by atoms with Gasteiger partial charge in [-0.05, 0) is 31.8 Å². The van der Waals surface area contributed by atoms with Crippen LogP contribution in [0.5, 0.6) is 0 Å². The van der Waals surface area contributed by atoms with Crippen LogP contribution in [0, 0.1) is 0 Å². The van der Waals surface area contributed by atoms with Crippen LogP contribution < -0.4 is 5.32 Å². The van der Waals surface area contributed by atoms with Gasteiger partial charge in [-0.1, -0.05) is 13.8 Å². The summed E-state index contributed by atoms with van der Waals surface area (Å²) in [5.74, 6) is 0.463. The lowest BCUT2D eigenvalue weighted by molar-refractivity contribution is 0.343. The maximum atomic E-state index is 4.54. The Labute approximate surface area is 113 Å². The minimum Gasteiger partial charge on any atom is -0.317 e. The molecule has 1 saturated heterocycles. The van der Waals surface area contributed by atoms with Crippen LogP contribution in [0.2, 0.25) is 0 Å². The Kier molecular flexibility index (Phi) is 3.38. The minimum atomic E-state index is 0.463. The molecule has 3 heterocycles. The van der Waals surface area contributed by atoms with Gasteiger partial charge < -0.3 is 5.32 Å².